The lowest BCUT2D eigenvalue weighted by atomic mass is 10.2. The van der Waals surface area contributed by atoms with Gasteiger partial charge in [0.15, 0.2) is 0 Å². The van der Waals surface area contributed by atoms with Crippen LogP contribution in [0.5, 0.6) is 5.75 Å². The first-order valence-electron chi connectivity index (χ1n) is 8.07. The van der Waals surface area contributed by atoms with E-state index in [1.165, 1.54) is 6.20 Å². The number of hydrazine groups is 1. The molecule has 3 rings (SSSR count). The van der Waals surface area contributed by atoms with Crippen LogP contribution in [0.4, 0.5) is 0 Å². The summed E-state index contributed by atoms with van der Waals surface area (Å²) in [5.41, 5.74) is 5.49. The van der Waals surface area contributed by atoms with Gasteiger partial charge >= 0.3 is 0 Å². The molecule has 7 heteroatoms. The molecule has 1 aliphatic heterocycles. The van der Waals surface area contributed by atoms with Crippen molar-refractivity contribution in [3.05, 3.63) is 59.9 Å². The van der Waals surface area contributed by atoms with Crippen LogP contribution >= 0.6 is 0 Å². The summed E-state index contributed by atoms with van der Waals surface area (Å²) in [6, 6.07) is 9.95. The smallest absolute Gasteiger partial charge is 0.271 e. The van der Waals surface area contributed by atoms with Crippen molar-refractivity contribution in [2.24, 2.45) is 0 Å². The Labute approximate surface area is 145 Å². The third kappa shape index (κ3) is 4.77. The molecule has 1 fully saturated rings. The molecule has 0 aliphatic carbocycles. The van der Waals surface area contributed by atoms with Crippen LogP contribution in [0.15, 0.2) is 48.8 Å². The molecule has 130 valence electrons. The van der Waals surface area contributed by atoms with Gasteiger partial charge in [0.05, 0.1) is 11.7 Å². The van der Waals surface area contributed by atoms with E-state index in [2.05, 4.69) is 15.8 Å². The fourth-order valence-corrected chi connectivity index (χ4v) is 2.42. The topological polar surface area (TPSA) is 89.6 Å². The quantitative estimate of drug-likeness (QED) is 0.808. The number of ether oxygens (including phenoxy) is 2. The second-order valence-electron chi connectivity index (χ2n) is 5.62. The Balaban J connectivity index is 1.47. The minimum atomic E-state index is -0.432. The minimum Gasteiger partial charge on any atom is -0.491 e. The maximum Gasteiger partial charge on any atom is 0.271 e. The fourth-order valence-electron chi connectivity index (χ4n) is 2.42. The highest BCUT2D eigenvalue weighted by molar-refractivity contribution is 5.98. The number of hydrogen-bond acceptors (Lipinski definition) is 5. The van der Waals surface area contributed by atoms with Crippen molar-refractivity contribution in [2.75, 3.05) is 13.2 Å². The molecule has 0 saturated carbocycles. The zero-order chi connectivity index (χ0) is 17.5. The van der Waals surface area contributed by atoms with E-state index in [1.54, 1.807) is 42.6 Å². The largest absolute Gasteiger partial charge is 0.491 e. The van der Waals surface area contributed by atoms with Gasteiger partial charge in [-0.15, -0.1) is 0 Å². The Kier molecular flexibility index (Phi) is 5.58. The Hall–Kier alpha value is -2.93. The first-order valence-corrected chi connectivity index (χ1v) is 8.07. The van der Waals surface area contributed by atoms with Crippen molar-refractivity contribution in [1.29, 1.82) is 0 Å². The first-order chi connectivity index (χ1) is 12.2. The van der Waals surface area contributed by atoms with E-state index in [1.807, 2.05) is 0 Å². The molecule has 2 amide bonds. The maximum atomic E-state index is 12.1. The number of carbonyl (C=O) groups excluding carboxylic acids is 2. The molecule has 7 nitrogen and oxygen atoms in total. The van der Waals surface area contributed by atoms with Crippen LogP contribution in [-0.2, 0) is 4.74 Å². The molecule has 1 unspecified atom stereocenters. The lowest BCUT2D eigenvalue weighted by Gasteiger charge is -2.12. The number of carbonyl (C=O) groups is 2. The summed E-state index contributed by atoms with van der Waals surface area (Å²) in [6.45, 7) is 1.30. The van der Waals surface area contributed by atoms with Crippen molar-refractivity contribution in [3.63, 3.8) is 0 Å². The van der Waals surface area contributed by atoms with Crippen LogP contribution in [0.25, 0.3) is 0 Å². The van der Waals surface area contributed by atoms with Crippen LogP contribution in [0, 0.1) is 0 Å². The van der Waals surface area contributed by atoms with Gasteiger partial charge in [-0.2, -0.15) is 0 Å². The van der Waals surface area contributed by atoms with Crippen molar-refractivity contribution in [1.82, 2.24) is 15.8 Å². The van der Waals surface area contributed by atoms with Gasteiger partial charge in [0.1, 0.15) is 12.4 Å². The number of pyridine rings is 1. The number of nitrogens with one attached hydrogen (secondary N) is 2. The summed E-state index contributed by atoms with van der Waals surface area (Å²) < 4.78 is 11.1. The molecular weight excluding hydrogens is 322 g/mol. The van der Waals surface area contributed by atoms with Crippen LogP contribution < -0.4 is 15.6 Å². The maximum absolute atomic E-state index is 12.1. The van der Waals surface area contributed by atoms with Gasteiger partial charge < -0.3 is 9.47 Å². The Morgan fingerprint density at radius 2 is 1.88 bits per heavy atom. The second-order valence-corrected chi connectivity index (χ2v) is 5.62. The summed E-state index contributed by atoms with van der Waals surface area (Å²) >= 11 is 0. The van der Waals surface area contributed by atoms with E-state index in [0.29, 0.717) is 23.5 Å². The van der Waals surface area contributed by atoms with Gasteiger partial charge in [-0.25, -0.2) is 0 Å². The number of nitrogens with zero attached hydrogens (tertiary/aromatic N) is 1. The van der Waals surface area contributed by atoms with Crippen molar-refractivity contribution in [2.45, 2.75) is 18.9 Å². The Morgan fingerprint density at radius 3 is 2.52 bits per heavy atom. The monoisotopic (exact) mass is 341 g/mol. The third-order valence-corrected chi connectivity index (χ3v) is 3.79. The third-order valence-electron chi connectivity index (χ3n) is 3.79. The molecule has 0 spiro atoms. The predicted octanol–water partition coefficient (Wildman–Crippen LogP) is 1.71. The Morgan fingerprint density at radius 1 is 1.12 bits per heavy atom. The SMILES string of the molecule is O=C(NNC(=O)c1cccnc1)c1ccc(OCC2CCCO2)cc1. The van der Waals surface area contributed by atoms with Crippen LogP contribution in [0.1, 0.15) is 33.6 Å². The van der Waals surface area contributed by atoms with Gasteiger partial charge in [0.25, 0.3) is 11.8 Å². The molecule has 0 bridgehead atoms. The molecule has 2 N–H and O–H groups in total. The summed E-state index contributed by atoms with van der Waals surface area (Å²) in [4.78, 5) is 27.8. The highest BCUT2D eigenvalue weighted by Crippen LogP contribution is 2.16. The predicted molar refractivity (Wildman–Crippen MR) is 90.1 cm³/mol. The van der Waals surface area contributed by atoms with Gasteiger partial charge in [0, 0.05) is 24.6 Å². The molecule has 1 aromatic heterocycles. The highest BCUT2D eigenvalue weighted by Gasteiger charge is 2.16. The summed E-state index contributed by atoms with van der Waals surface area (Å²) in [6.07, 6.45) is 5.21. The van der Waals surface area contributed by atoms with Crippen LogP contribution in [0.3, 0.4) is 0 Å². The lowest BCUT2D eigenvalue weighted by molar-refractivity contribution is 0.0679. The zero-order valence-corrected chi connectivity index (χ0v) is 13.6. The van der Waals surface area contributed by atoms with Gasteiger partial charge in [-0.05, 0) is 49.2 Å². The summed E-state index contributed by atoms with van der Waals surface area (Å²) in [5.74, 6) is -0.174. The summed E-state index contributed by atoms with van der Waals surface area (Å²) in [7, 11) is 0. The van der Waals surface area contributed by atoms with E-state index < -0.39 is 11.8 Å². The molecule has 1 atom stereocenters. The van der Waals surface area contributed by atoms with Crippen LogP contribution in [0.2, 0.25) is 0 Å². The van der Waals surface area contributed by atoms with Crippen molar-refractivity contribution >= 4 is 11.8 Å². The highest BCUT2D eigenvalue weighted by atomic mass is 16.5. The molecule has 2 aromatic rings. The second kappa shape index (κ2) is 8.25. The van der Waals surface area contributed by atoms with Gasteiger partial charge in [0.2, 0.25) is 0 Å². The number of amides is 2. The average Bonchev–Trinajstić information content (AvgIpc) is 3.19. The molecule has 2 heterocycles. The van der Waals surface area contributed by atoms with Crippen molar-refractivity contribution in [3.8, 4) is 5.75 Å². The molecule has 1 aromatic carbocycles. The van der Waals surface area contributed by atoms with Crippen LogP contribution in [-0.4, -0.2) is 36.1 Å². The number of aromatic nitrogens is 1. The standard InChI is InChI=1S/C18H19N3O4/c22-17(20-21-18(23)14-3-1-9-19-11-14)13-5-7-15(8-6-13)25-12-16-4-2-10-24-16/h1,3,5-9,11,16H,2,4,10,12H2,(H,20,22)(H,21,23). The summed E-state index contributed by atoms with van der Waals surface area (Å²) in [5, 5.41) is 0. The lowest BCUT2D eigenvalue weighted by Crippen LogP contribution is -2.41. The van der Waals surface area contributed by atoms with E-state index in [4.69, 9.17) is 9.47 Å². The molecule has 25 heavy (non-hydrogen) atoms. The van der Waals surface area contributed by atoms with E-state index >= 15 is 0 Å². The first kappa shape index (κ1) is 16.9. The van der Waals surface area contributed by atoms with E-state index in [0.717, 1.165) is 19.4 Å². The van der Waals surface area contributed by atoms with E-state index in [-0.39, 0.29) is 6.10 Å². The van der Waals surface area contributed by atoms with E-state index in [9.17, 15) is 9.59 Å². The van der Waals surface area contributed by atoms with Crippen molar-refractivity contribution < 1.29 is 19.1 Å². The Bertz CT molecular complexity index is 713. The zero-order valence-electron chi connectivity index (χ0n) is 13.6. The number of benzene rings is 1. The van der Waals surface area contributed by atoms with Gasteiger partial charge in [-0.1, -0.05) is 0 Å². The molecule has 1 saturated heterocycles. The number of hydrogen-bond donors (Lipinski definition) is 2. The minimum absolute atomic E-state index is 0.144. The molecular formula is C18H19N3O4. The normalized spacial score (nSPS) is 16.2. The fraction of sp³-hybridized carbons (Fsp3) is 0.278. The average molecular weight is 341 g/mol. The molecule has 1 aliphatic rings. The molecule has 0 radical (unpaired) electrons. The van der Waals surface area contributed by atoms with Gasteiger partial charge in [-0.3, -0.25) is 25.4 Å². The number of rotatable bonds is 5.